The van der Waals surface area contributed by atoms with Crippen LogP contribution in [0.2, 0.25) is 0 Å². The van der Waals surface area contributed by atoms with Crippen LogP contribution in [-0.4, -0.2) is 71.7 Å². The Bertz CT molecular complexity index is 863. The smallest absolute Gasteiger partial charge is 0.272 e. The molecule has 3 heterocycles. The molecule has 154 valence electrons. The quantitative estimate of drug-likeness (QED) is 0.738. The number of anilines is 1. The van der Waals surface area contributed by atoms with E-state index in [1.54, 1.807) is 6.07 Å². The van der Waals surface area contributed by atoms with Crippen LogP contribution in [0.3, 0.4) is 0 Å². The number of hydrogen-bond donors (Lipinski definition) is 0. The number of hydrogen-bond acceptors (Lipinski definition) is 7. The number of fused-ring (bicyclic) bond motifs is 1. The Morgan fingerprint density at radius 1 is 1.03 bits per heavy atom. The van der Waals surface area contributed by atoms with E-state index >= 15 is 0 Å². The van der Waals surface area contributed by atoms with E-state index < -0.39 is 0 Å². The van der Waals surface area contributed by atoms with E-state index in [1.807, 2.05) is 17.0 Å². The van der Waals surface area contributed by atoms with Crippen molar-refractivity contribution in [2.45, 2.75) is 20.4 Å². The number of carbonyl (C=O) groups is 1. The zero-order valence-electron chi connectivity index (χ0n) is 17.0. The molecule has 2 aliphatic rings. The van der Waals surface area contributed by atoms with Crippen molar-refractivity contribution >= 4 is 11.7 Å². The largest absolute Gasteiger partial charge is 0.454 e. The fraction of sp³-hybridized carbons (Fsp3) is 0.476. The molecule has 1 aromatic carbocycles. The molecule has 2 aliphatic heterocycles. The van der Waals surface area contributed by atoms with Crippen LogP contribution in [0.25, 0.3) is 0 Å². The molecule has 4 rings (SSSR count). The molecule has 2 aromatic rings. The SMILES string of the molecule is CCN(CC)c1cc(C(=O)N2CCN(Cc3ccc4c(c3)OCO4)CC2)ncn1. The molecule has 0 unspecified atom stereocenters. The highest BCUT2D eigenvalue weighted by atomic mass is 16.7. The summed E-state index contributed by atoms with van der Waals surface area (Å²) in [5.41, 5.74) is 1.65. The second-order valence-corrected chi connectivity index (χ2v) is 7.19. The molecule has 8 nitrogen and oxygen atoms in total. The average molecular weight is 397 g/mol. The van der Waals surface area contributed by atoms with Crippen LogP contribution in [0.4, 0.5) is 5.82 Å². The molecular formula is C21H27N5O3. The minimum absolute atomic E-state index is 0.0245. The van der Waals surface area contributed by atoms with Crippen LogP contribution in [-0.2, 0) is 6.54 Å². The summed E-state index contributed by atoms with van der Waals surface area (Å²) < 4.78 is 10.8. The van der Waals surface area contributed by atoms with Crippen LogP contribution in [0.5, 0.6) is 11.5 Å². The number of carbonyl (C=O) groups excluding carboxylic acids is 1. The highest BCUT2D eigenvalue weighted by molar-refractivity contribution is 5.93. The zero-order chi connectivity index (χ0) is 20.2. The third-order valence-corrected chi connectivity index (χ3v) is 5.46. The summed E-state index contributed by atoms with van der Waals surface area (Å²) in [4.78, 5) is 27.8. The lowest BCUT2D eigenvalue weighted by Gasteiger charge is -2.34. The second kappa shape index (κ2) is 8.65. The predicted octanol–water partition coefficient (Wildman–Crippen LogP) is 2.01. The van der Waals surface area contributed by atoms with Crippen molar-refractivity contribution in [2.24, 2.45) is 0 Å². The zero-order valence-corrected chi connectivity index (χ0v) is 17.0. The predicted molar refractivity (Wildman–Crippen MR) is 109 cm³/mol. The number of rotatable bonds is 6. The first-order valence-corrected chi connectivity index (χ1v) is 10.1. The number of benzene rings is 1. The summed E-state index contributed by atoms with van der Waals surface area (Å²) in [5.74, 6) is 2.39. The van der Waals surface area contributed by atoms with E-state index in [2.05, 4.69) is 39.7 Å². The third-order valence-electron chi connectivity index (χ3n) is 5.46. The summed E-state index contributed by atoms with van der Waals surface area (Å²) >= 11 is 0. The Morgan fingerprint density at radius 3 is 2.55 bits per heavy atom. The molecule has 8 heteroatoms. The van der Waals surface area contributed by atoms with Crippen LogP contribution in [0.1, 0.15) is 29.9 Å². The van der Waals surface area contributed by atoms with E-state index in [1.165, 1.54) is 11.9 Å². The summed E-state index contributed by atoms with van der Waals surface area (Å²) in [7, 11) is 0. The van der Waals surface area contributed by atoms with Crippen molar-refractivity contribution in [2.75, 3.05) is 51.0 Å². The number of amides is 1. The fourth-order valence-electron chi connectivity index (χ4n) is 3.75. The molecular weight excluding hydrogens is 370 g/mol. The van der Waals surface area contributed by atoms with E-state index in [0.717, 1.165) is 50.0 Å². The van der Waals surface area contributed by atoms with E-state index in [4.69, 9.17) is 9.47 Å². The monoisotopic (exact) mass is 397 g/mol. The van der Waals surface area contributed by atoms with Gasteiger partial charge in [0.05, 0.1) is 0 Å². The van der Waals surface area contributed by atoms with E-state index in [-0.39, 0.29) is 5.91 Å². The number of ether oxygens (including phenoxy) is 2. The molecule has 1 aromatic heterocycles. The van der Waals surface area contributed by atoms with Crippen molar-refractivity contribution in [3.63, 3.8) is 0 Å². The van der Waals surface area contributed by atoms with Crippen molar-refractivity contribution in [3.05, 3.63) is 41.9 Å². The molecule has 1 saturated heterocycles. The fourth-order valence-corrected chi connectivity index (χ4v) is 3.75. The van der Waals surface area contributed by atoms with Gasteiger partial charge in [0, 0.05) is 51.9 Å². The van der Waals surface area contributed by atoms with Gasteiger partial charge < -0.3 is 19.3 Å². The van der Waals surface area contributed by atoms with Gasteiger partial charge in [0.15, 0.2) is 11.5 Å². The molecule has 1 amide bonds. The van der Waals surface area contributed by atoms with E-state index in [0.29, 0.717) is 25.6 Å². The molecule has 0 N–H and O–H groups in total. The van der Waals surface area contributed by atoms with Gasteiger partial charge in [-0.25, -0.2) is 9.97 Å². The van der Waals surface area contributed by atoms with Crippen LogP contribution in [0.15, 0.2) is 30.6 Å². The van der Waals surface area contributed by atoms with Gasteiger partial charge in [-0.15, -0.1) is 0 Å². The lowest BCUT2D eigenvalue weighted by atomic mass is 10.1. The maximum absolute atomic E-state index is 12.9. The molecule has 0 atom stereocenters. The summed E-state index contributed by atoms with van der Waals surface area (Å²) in [5, 5.41) is 0. The summed E-state index contributed by atoms with van der Waals surface area (Å²) in [6.07, 6.45) is 1.48. The maximum atomic E-state index is 12.9. The standard InChI is InChI=1S/C21H27N5O3/c1-3-25(4-2)20-12-17(22-14-23-20)21(27)26-9-7-24(8-10-26)13-16-5-6-18-19(11-16)29-15-28-18/h5-6,11-12,14H,3-4,7-10,13,15H2,1-2H3. The Kier molecular flexibility index (Phi) is 5.80. The lowest BCUT2D eigenvalue weighted by molar-refractivity contribution is 0.0622. The number of nitrogens with zero attached hydrogens (tertiary/aromatic N) is 5. The van der Waals surface area contributed by atoms with Crippen LogP contribution >= 0.6 is 0 Å². The Balaban J connectivity index is 1.34. The lowest BCUT2D eigenvalue weighted by Crippen LogP contribution is -2.48. The summed E-state index contributed by atoms with van der Waals surface area (Å²) in [6.45, 7) is 10.00. The van der Waals surface area contributed by atoms with Crippen molar-refractivity contribution in [3.8, 4) is 11.5 Å². The van der Waals surface area contributed by atoms with Crippen molar-refractivity contribution < 1.29 is 14.3 Å². The second-order valence-electron chi connectivity index (χ2n) is 7.19. The normalized spacial score (nSPS) is 16.1. The molecule has 0 spiro atoms. The molecule has 0 saturated carbocycles. The summed E-state index contributed by atoms with van der Waals surface area (Å²) in [6, 6.07) is 7.87. The third kappa shape index (κ3) is 4.27. The number of piperazine rings is 1. The van der Waals surface area contributed by atoms with Crippen molar-refractivity contribution in [1.29, 1.82) is 0 Å². The molecule has 29 heavy (non-hydrogen) atoms. The molecule has 0 bridgehead atoms. The first-order valence-electron chi connectivity index (χ1n) is 10.1. The van der Waals surface area contributed by atoms with Crippen LogP contribution in [0, 0.1) is 0 Å². The first kappa shape index (κ1) is 19.4. The Morgan fingerprint density at radius 2 is 1.79 bits per heavy atom. The minimum atomic E-state index is -0.0245. The van der Waals surface area contributed by atoms with Gasteiger partial charge >= 0.3 is 0 Å². The van der Waals surface area contributed by atoms with Gasteiger partial charge in [-0.3, -0.25) is 9.69 Å². The van der Waals surface area contributed by atoms with Crippen molar-refractivity contribution in [1.82, 2.24) is 19.8 Å². The van der Waals surface area contributed by atoms with E-state index in [9.17, 15) is 4.79 Å². The molecule has 0 radical (unpaired) electrons. The minimum Gasteiger partial charge on any atom is -0.454 e. The van der Waals surface area contributed by atoms with Gasteiger partial charge in [-0.05, 0) is 31.5 Å². The highest BCUT2D eigenvalue weighted by Crippen LogP contribution is 2.32. The van der Waals surface area contributed by atoms with Gasteiger partial charge in [0.2, 0.25) is 6.79 Å². The van der Waals surface area contributed by atoms with Gasteiger partial charge in [-0.2, -0.15) is 0 Å². The van der Waals surface area contributed by atoms with Crippen LogP contribution < -0.4 is 14.4 Å². The first-order chi connectivity index (χ1) is 14.2. The van der Waals surface area contributed by atoms with Gasteiger partial charge in [-0.1, -0.05) is 6.07 Å². The Hall–Kier alpha value is -2.87. The maximum Gasteiger partial charge on any atom is 0.272 e. The number of aromatic nitrogens is 2. The van der Waals surface area contributed by atoms with Gasteiger partial charge in [0.1, 0.15) is 17.8 Å². The molecule has 0 aliphatic carbocycles. The van der Waals surface area contributed by atoms with Gasteiger partial charge in [0.25, 0.3) is 5.91 Å². The topological polar surface area (TPSA) is 71.0 Å². The molecule has 1 fully saturated rings. The highest BCUT2D eigenvalue weighted by Gasteiger charge is 2.24. The Labute approximate surface area is 171 Å². The average Bonchev–Trinajstić information content (AvgIpc) is 3.23.